The van der Waals surface area contributed by atoms with Gasteiger partial charge in [0.15, 0.2) is 11.5 Å². The van der Waals surface area contributed by atoms with Gasteiger partial charge in [-0.3, -0.25) is 9.48 Å². The van der Waals surface area contributed by atoms with Crippen molar-refractivity contribution in [1.29, 1.82) is 0 Å². The number of ether oxygens (including phenoxy) is 1. The van der Waals surface area contributed by atoms with Gasteiger partial charge in [-0.25, -0.2) is 15.0 Å². The third-order valence-corrected chi connectivity index (χ3v) is 6.64. The first-order valence-electron chi connectivity index (χ1n) is 10.1. The molecule has 152 valence electrons. The van der Waals surface area contributed by atoms with Crippen LogP contribution in [0.15, 0.2) is 24.5 Å². The molecule has 5 heterocycles. The van der Waals surface area contributed by atoms with E-state index in [4.69, 9.17) is 14.7 Å². The number of carbonyl (C=O) groups is 1. The number of pyridine rings is 1. The molecule has 30 heavy (non-hydrogen) atoms. The average Bonchev–Trinajstić information content (AvgIpc) is 3.41. The first kappa shape index (κ1) is 17.9. The van der Waals surface area contributed by atoms with E-state index in [9.17, 15) is 4.79 Å². The van der Waals surface area contributed by atoms with E-state index < -0.39 is 0 Å². The monoisotopic (exact) mass is 420 g/mol. The van der Waals surface area contributed by atoms with Crippen molar-refractivity contribution in [3.05, 3.63) is 35.1 Å². The number of rotatable bonds is 3. The third-order valence-electron chi connectivity index (χ3n) is 5.63. The molecule has 1 saturated carbocycles. The Balaban J connectivity index is 1.44. The molecular formula is C21H20N6O2S. The standard InChI is InChI=1S/C21H20N6O2S/c1-26-11-14-8-13(10-22-18(14)25-26)19-23-17(12-2-3-12)15-9-16(30-20(15)24-19)21(28)27-4-6-29-7-5-27/h8-12H,2-7H2,1H3. The second-order valence-corrected chi connectivity index (χ2v) is 8.91. The van der Waals surface area contributed by atoms with Crippen LogP contribution in [0.5, 0.6) is 0 Å². The van der Waals surface area contributed by atoms with E-state index in [0.29, 0.717) is 43.7 Å². The normalized spacial score (nSPS) is 17.2. The van der Waals surface area contributed by atoms with E-state index in [1.807, 2.05) is 30.3 Å². The van der Waals surface area contributed by atoms with Crippen molar-refractivity contribution in [2.45, 2.75) is 18.8 Å². The number of hydrogen-bond donors (Lipinski definition) is 0. The fourth-order valence-electron chi connectivity index (χ4n) is 3.92. The Labute approximate surface area is 176 Å². The molecule has 2 fully saturated rings. The molecule has 1 saturated heterocycles. The SMILES string of the molecule is Cn1cc2cc(-c3nc(C4CC4)c4cc(C(=O)N5CCOCC5)sc4n3)cnc2n1. The van der Waals surface area contributed by atoms with Crippen molar-refractivity contribution in [3.63, 3.8) is 0 Å². The van der Waals surface area contributed by atoms with Crippen LogP contribution in [-0.4, -0.2) is 61.8 Å². The van der Waals surface area contributed by atoms with E-state index >= 15 is 0 Å². The Morgan fingerprint density at radius 3 is 2.83 bits per heavy atom. The summed E-state index contributed by atoms with van der Waals surface area (Å²) in [7, 11) is 1.88. The predicted molar refractivity (Wildman–Crippen MR) is 114 cm³/mol. The highest BCUT2D eigenvalue weighted by Gasteiger charge is 2.30. The predicted octanol–water partition coefficient (Wildman–Crippen LogP) is 2.99. The van der Waals surface area contributed by atoms with Gasteiger partial charge in [0.2, 0.25) is 0 Å². The van der Waals surface area contributed by atoms with Crippen LogP contribution in [0.2, 0.25) is 0 Å². The minimum atomic E-state index is 0.0584. The number of hydrogen-bond acceptors (Lipinski definition) is 7. The molecule has 1 aliphatic carbocycles. The number of nitrogens with zero attached hydrogens (tertiary/aromatic N) is 6. The van der Waals surface area contributed by atoms with E-state index in [-0.39, 0.29) is 5.91 Å². The highest BCUT2D eigenvalue weighted by molar-refractivity contribution is 7.20. The summed E-state index contributed by atoms with van der Waals surface area (Å²) < 4.78 is 7.13. The van der Waals surface area contributed by atoms with Crippen LogP contribution in [0.4, 0.5) is 0 Å². The molecule has 0 atom stereocenters. The Morgan fingerprint density at radius 1 is 1.20 bits per heavy atom. The zero-order chi connectivity index (χ0) is 20.2. The Hall–Kier alpha value is -2.91. The minimum Gasteiger partial charge on any atom is -0.378 e. The summed E-state index contributed by atoms with van der Waals surface area (Å²) >= 11 is 1.45. The van der Waals surface area contributed by atoms with Gasteiger partial charge in [-0.1, -0.05) is 0 Å². The van der Waals surface area contributed by atoms with Crippen molar-refractivity contribution >= 4 is 38.5 Å². The van der Waals surface area contributed by atoms with Crippen molar-refractivity contribution in [2.24, 2.45) is 7.05 Å². The maximum atomic E-state index is 13.0. The molecule has 1 aliphatic heterocycles. The first-order chi connectivity index (χ1) is 14.7. The highest BCUT2D eigenvalue weighted by atomic mass is 32.1. The molecule has 0 spiro atoms. The van der Waals surface area contributed by atoms with E-state index in [1.165, 1.54) is 11.3 Å². The summed E-state index contributed by atoms with van der Waals surface area (Å²) in [6.45, 7) is 2.46. The number of thiophene rings is 1. The molecule has 0 N–H and O–H groups in total. The molecule has 2 aliphatic rings. The number of aromatic nitrogens is 5. The molecule has 9 heteroatoms. The molecule has 8 nitrogen and oxygen atoms in total. The number of morpholine rings is 1. The average molecular weight is 420 g/mol. The molecule has 0 unspecified atom stereocenters. The zero-order valence-electron chi connectivity index (χ0n) is 16.5. The van der Waals surface area contributed by atoms with E-state index in [0.717, 1.165) is 44.6 Å². The lowest BCUT2D eigenvalue weighted by atomic mass is 10.1. The van der Waals surface area contributed by atoms with Crippen LogP contribution in [-0.2, 0) is 11.8 Å². The highest BCUT2D eigenvalue weighted by Crippen LogP contribution is 2.44. The molecule has 0 radical (unpaired) electrons. The molecule has 0 aromatic carbocycles. The van der Waals surface area contributed by atoms with Gasteiger partial charge in [0.1, 0.15) is 4.83 Å². The van der Waals surface area contributed by atoms with Gasteiger partial charge in [-0.2, -0.15) is 5.10 Å². The summed E-state index contributed by atoms with van der Waals surface area (Å²) in [5.41, 5.74) is 2.63. The van der Waals surface area contributed by atoms with Gasteiger partial charge in [0.05, 0.1) is 23.8 Å². The molecule has 6 rings (SSSR count). The molecular weight excluding hydrogens is 400 g/mol. The van der Waals surface area contributed by atoms with Crippen LogP contribution in [0.3, 0.4) is 0 Å². The topological polar surface area (TPSA) is 86.0 Å². The Morgan fingerprint density at radius 2 is 2.03 bits per heavy atom. The summed E-state index contributed by atoms with van der Waals surface area (Å²) in [5, 5.41) is 6.31. The molecule has 4 aromatic heterocycles. The second-order valence-electron chi connectivity index (χ2n) is 7.88. The summed E-state index contributed by atoms with van der Waals surface area (Å²) in [5.74, 6) is 1.17. The number of fused-ring (bicyclic) bond motifs is 2. The van der Waals surface area contributed by atoms with Crippen LogP contribution >= 0.6 is 11.3 Å². The molecule has 1 amide bonds. The number of aryl methyl sites for hydroxylation is 1. The lowest BCUT2D eigenvalue weighted by Crippen LogP contribution is -2.40. The van der Waals surface area contributed by atoms with E-state index in [1.54, 1.807) is 10.9 Å². The van der Waals surface area contributed by atoms with Crippen LogP contribution in [0.25, 0.3) is 32.6 Å². The molecule has 0 bridgehead atoms. The summed E-state index contributed by atoms with van der Waals surface area (Å²) in [6.07, 6.45) is 5.99. The van der Waals surface area contributed by atoms with Crippen LogP contribution < -0.4 is 0 Å². The number of amides is 1. The number of carbonyl (C=O) groups excluding carboxylic acids is 1. The van der Waals surface area contributed by atoms with Crippen LogP contribution in [0, 0.1) is 0 Å². The second kappa shape index (κ2) is 6.82. The van der Waals surface area contributed by atoms with E-state index in [2.05, 4.69) is 10.1 Å². The lowest BCUT2D eigenvalue weighted by molar-refractivity contribution is 0.0306. The van der Waals surface area contributed by atoms with Crippen molar-refractivity contribution < 1.29 is 9.53 Å². The fourth-order valence-corrected chi connectivity index (χ4v) is 4.93. The van der Waals surface area contributed by atoms with Gasteiger partial charge in [-0.05, 0) is 25.0 Å². The minimum absolute atomic E-state index is 0.0584. The maximum Gasteiger partial charge on any atom is 0.264 e. The first-order valence-corrected chi connectivity index (χ1v) is 11.0. The maximum absolute atomic E-state index is 13.0. The van der Waals surface area contributed by atoms with Gasteiger partial charge in [-0.15, -0.1) is 11.3 Å². The summed E-state index contributed by atoms with van der Waals surface area (Å²) in [6, 6.07) is 4.01. The van der Waals surface area contributed by atoms with Crippen molar-refractivity contribution in [1.82, 2.24) is 29.6 Å². The fraction of sp³-hybridized carbons (Fsp3) is 0.381. The van der Waals surface area contributed by atoms with Gasteiger partial charge in [0.25, 0.3) is 5.91 Å². The van der Waals surface area contributed by atoms with Gasteiger partial charge in [0, 0.05) is 54.8 Å². The third kappa shape index (κ3) is 3.05. The largest absolute Gasteiger partial charge is 0.378 e. The van der Waals surface area contributed by atoms with Gasteiger partial charge >= 0.3 is 0 Å². The zero-order valence-corrected chi connectivity index (χ0v) is 17.4. The van der Waals surface area contributed by atoms with Crippen molar-refractivity contribution in [2.75, 3.05) is 26.3 Å². The molecule has 4 aromatic rings. The van der Waals surface area contributed by atoms with Crippen LogP contribution in [0.1, 0.15) is 34.1 Å². The van der Waals surface area contributed by atoms with Gasteiger partial charge < -0.3 is 9.64 Å². The quantitative estimate of drug-likeness (QED) is 0.506. The Bertz CT molecular complexity index is 1290. The smallest absolute Gasteiger partial charge is 0.264 e. The van der Waals surface area contributed by atoms with Crippen molar-refractivity contribution in [3.8, 4) is 11.4 Å². The Kier molecular flexibility index (Phi) is 4.07. The summed E-state index contributed by atoms with van der Waals surface area (Å²) in [4.78, 5) is 30.6. The lowest BCUT2D eigenvalue weighted by Gasteiger charge is -2.26.